The van der Waals surface area contributed by atoms with E-state index in [-0.39, 0.29) is 24.9 Å². The third-order valence-electron chi connectivity index (χ3n) is 5.60. The number of nitrogens with zero attached hydrogens (tertiary/aromatic N) is 3. The molecule has 1 aromatic heterocycles. The van der Waals surface area contributed by atoms with Crippen LogP contribution >= 0.6 is 0 Å². The molecular weight excluding hydrogens is 414 g/mol. The highest BCUT2D eigenvalue weighted by Crippen LogP contribution is 2.23. The van der Waals surface area contributed by atoms with Crippen LogP contribution in [0.4, 0.5) is 11.4 Å². The molecule has 0 atom stereocenters. The van der Waals surface area contributed by atoms with E-state index in [1.54, 1.807) is 11.9 Å². The minimum absolute atomic E-state index is 0.0911. The Bertz CT molecular complexity index is 1160. The topological polar surface area (TPSA) is 79.3 Å². The van der Waals surface area contributed by atoms with Crippen LogP contribution in [0.2, 0.25) is 0 Å². The summed E-state index contributed by atoms with van der Waals surface area (Å²) in [7, 11) is 1.75. The molecule has 0 radical (unpaired) electrons. The summed E-state index contributed by atoms with van der Waals surface area (Å²) in [5, 5.41) is 10.5. The Morgan fingerprint density at radius 3 is 1.88 bits per heavy atom. The van der Waals surface area contributed by atoms with Crippen molar-refractivity contribution in [2.45, 2.75) is 41.5 Å². The first-order chi connectivity index (χ1) is 15.5. The number of carbonyl (C=O) groups is 2. The summed E-state index contributed by atoms with van der Waals surface area (Å²) in [5.41, 5.74) is 8.46. The van der Waals surface area contributed by atoms with E-state index in [0.717, 1.165) is 39.5 Å². The van der Waals surface area contributed by atoms with Crippen molar-refractivity contribution >= 4 is 23.2 Å². The van der Waals surface area contributed by atoms with Gasteiger partial charge in [0.1, 0.15) is 0 Å². The van der Waals surface area contributed by atoms with Crippen molar-refractivity contribution in [1.82, 2.24) is 14.7 Å². The third-order valence-corrected chi connectivity index (χ3v) is 5.60. The molecular formula is C26H33N5O2. The molecule has 0 aliphatic carbocycles. The van der Waals surface area contributed by atoms with Gasteiger partial charge in [0.15, 0.2) is 0 Å². The normalized spacial score (nSPS) is 11.0. The van der Waals surface area contributed by atoms with Crippen LogP contribution in [0.25, 0.3) is 5.69 Å². The molecule has 0 fully saturated rings. The van der Waals surface area contributed by atoms with Gasteiger partial charge in [-0.2, -0.15) is 5.10 Å². The van der Waals surface area contributed by atoms with Gasteiger partial charge in [0.25, 0.3) is 0 Å². The number of likely N-dealkylation sites (N-methyl/N-ethyl adjacent to an activating group) is 1. The summed E-state index contributed by atoms with van der Waals surface area (Å²) < 4.78 is 1.83. The van der Waals surface area contributed by atoms with Gasteiger partial charge in [-0.15, -0.1) is 0 Å². The summed E-state index contributed by atoms with van der Waals surface area (Å²) in [6, 6.07) is 12.2. The number of hydrogen-bond donors (Lipinski definition) is 2. The van der Waals surface area contributed by atoms with Crippen LogP contribution in [0.1, 0.15) is 33.6 Å². The number of amides is 2. The summed E-state index contributed by atoms with van der Waals surface area (Å²) >= 11 is 0. The lowest BCUT2D eigenvalue weighted by atomic mass is 10.1. The largest absolute Gasteiger partial charge is 0.324 e. The summed E-state index contributed by atoms with van der Waals surface area (Å²) in [6.45, 7) is 12.0. The predicted molar refractivity (Wildman–Crippen MR) is 133 cm³/mol. The van der Waals surface area contributed by atoms with Gasteiger partial charge in [-0.1, -0.05) is 35.4 Å². The molecule has 0 aliphatic rings. The zero-order valence-corrected chi connectivity index (χ0v) is 20.5. The van der Waals surface area contributed by atoms with E-state index in [1.807, 2.05) is 82.6 Å². The van der Waals surface area contributed by atoms with E-state index < -0.39 is 0 Å². The summed E-state index contributed by atoms with van der Waals surface area (Å²) in [6.07, 6.45) is 0. The van der Waals surface area contributed by atoms with Crippen LogP contribution in [-0.2, 0) is 9.59 Å². The maximum absolute atomic E-state index is 12.7. The number of hydrogen-bond acceptors (Lipinski definition) is 4. The average molecular weight is 448 g/mol. The number of rotatable bonds is 7. The maximum Gasteiger partial charge on any atom is 0.238 e. The minimum Gasteiger partial charge on any atom is -0.324 e. The SMILES string of the molecule is Cc1ccc(-n2nc(C)c(NC(=O)CN(C)CC(=O)Nc3c(C)cc(C)cc3C)c2C)cc1. The van der Waals surface area contributed by atoms with Gasteiger partial charge in [-0.25, -0.2) is 4.68 Å². The van der Waals surface area contributed by atoms with Crippen LogP contribution < -0.4 is 10.6 Å². The molecule has 174 valence electrons. The van der Waals surface area contributed by atoms with E-state index in [9.17, 15) is 9.59 Å². The van der Waals surface area contributed by atoms with Crippen molar-refractivity contribution in [3.8, 4) is 5.69 Å². The molecule has 0 spiro atoms. The van der Waals surface area contributed by atoms with Gasteiger partial charge >= 0.3 is 0 Å². The highest BCUT2D eigenvalue weighted by atomic mass is 16.2. The van der Waals surface area contributed by atoms with Crippen LogP contribution in [0.5, 0.6) is 0 Å². The molecule has 0 bridgehead atoms. The van der Waals surface area contributed by atoms with E-state index in [0.29, 0.717) is 5.69 Å². The van der Waals surface area contributed by atoms with Gasteiger partial charge in [0, 0.05) is 5.69 Å². The quantitative estimate of drug-likeness (QED) is 0.568. The average Bonchev–Trinajstić information content (AvgIpc) is 2.99. The minimum atomic E-state index is -0.192. The van der Waals surface area contributed by atoms with E-state index in [4.69, 9.17) is 0 Å². The van der Waals surface area contributed by atoms with E-state index in [1.165, 1.54) is 5.56 Å². The van der Waals surface area contributed by atoms with Crippen LogP contribution in [0.3, 0.4) is 0 Å². The Morgan fingerprint density at radius 1 is 0.818 bits per heavy atom. The second kappa shape index (κ2) is 10.0. The summed E-state index contributed by atoms with van der Waals surface area (Å²) in [5.74, 6) is -0.345. The van der Waals surface area contributed by atoms with Crippen LogP contribution in [0.15, 0.2) is 36.4 Å². The molecule has 7 nitrogen and oxygen atoms in total. The Kier molecular flexibility index (Phi) is 7.33. The van der Waals surface area contributed by atoms with Crippen molar-refractivity contribution in [2.24, 2.45) is 0 Å². The maximum atomic E-state index is 12.7. The van der Waals surface area contributed by atoms with E-state index in [2.05, 4.69) is 15.7 Å². The fraction of sp³-hybridized carbons (Fsp3) is 0.346. The second-order valence-corrected chi connectivity index (χ2v) is 8.84. The van der Waals surface area contributed by atoms with E-state index >= 15 is 0 Å². The first-order valence-corrected chi connectivity index (χ1v) is 11.0. The highest BCUT2D eigenvalue weighted by molar-refractivity contribution is 5.96. The monoisotopic (exact) mass is 447 g/mol. The molecule has 0 saturated heterocycles. The standard InChI is InChI=1S/C26H33N5O2/c1-16-8-10-22(11-9-16)31-21(6)26(20(5)29-31)28-24(33)15-30(7)14-23(32)27-25-18(3)12-17(2)13-19(25)4/h8-13H,14-15H2,1-7H3,(H,27,32)(H,28,33). The number of anilines is 2. The summed E-state index contributed by atoms with van der Waals surface area (Å²) in [4.78, 5) is 26.9. The molecule has 2 amide bonds. The first-order valence-electron chi connectivity index (χ1n) is 11.0. The lowest BCUT2D eigenvalue weighted by molar-refractivity contribution is -0.119. The predicted octanol–water partition coefficient (Wildman–Crippen LogP) is 4.23. The number of aromatic nitrogens is 2. The van der Waals surface area contributed by atoms with Gasteiger partial charge in [-0.05, 0) is 71.8 Å². The molecule has 2 aromatic carbocycles. The molecule has 0 unspecified atom stereocenters. The van der Waals surface area contributed by atoms with Gasteiger partial charge in [0.05, 0.1) is 35.9 Å². The lowest BCUT2D eigenvalue weighted by Gasteiger charge is -2.18. The zero-order chi connectivity index (χ0) is 24.3. The van der Waals surface area contributed by atoms with Crippen LogP contribution in [0, 0.1) is 41.5 Å². The Balaban J connectivity index is 1.61. The van der Waals surface area contributed by atoms with Crippen molar-refractivity contribution in [1.29, 1.82) is 0 Å². The molecule has 3 rings (SSSR count). The first kappa shape index (κ1) is 24.2. The Morgan fingerprint density at radius 2 is 1.33 bits per heavy atom. The molecule has 3 aromatic rings. The van der Waals surface area contributed by atoms with Crippen molar-refractivity contribution < 1.29 is 9.59 Å². The molecule has 2 N–H and O–H groups in total. The zero-order valence-electron chi connectivity index (χ0n) is 20.5. The molecule has 7 heteroatoms. The number of nitrogens with one attached hydrogen (secondary N) is 2. The van der Waals surface area contributed by atoms with Crippen molar-refractivity contribution in [3.63, 3.8) is 0 Å². The van der Waals surface area contributed by atoms with Gasteiger partial charge in [-0.3, -0.25) is 14.5 Å². The number of carbonyl (C=O) groups excluding carboxylic acids is 2. The third kappa shape index (κ3) is 5.87. The smallest absolute Gasteiger partial charge is 0.238 e. The fourth-order valence-corrected chi connectivity index (χ4v) is 4.04. The lowest BCUT2D eigenvalue weighted by Crippen LogP contribution is -2.36. The Labute approximate surface area is 195 Å². The molecule has 33 heavy (non-hydrogen) atoms. The molecule has 1 heterocycles. The Hall–Kier alpha value is -3.45. The molecule has 0 aliphatic heterocycles. The van der Waals surface area contributed by atoms with Crippen molar-refractivity contribution in [2.75, 3.05) is 30.8 Å². The van der Waals surface area contributed by atoms with Gasteiger partial charge in [0.2, 0.25) is 11.8 Å². The number of aryl methyl sites for hydroxylation is 5. The molecule has 0 saturated carbocycles. The van der Waals surface area contributed by atoms with Crippen LogP contribution in [-0.4, -0.2) is 46.6 Å². The number of benzene rings is 2. The van der Waals surface area contributed by atoms with Crippen molar-refractivity contribution in [3.05, 3.63) is 70.0 Å². The second-order valence-electron chi connectivity index (χ2n) is 8.84. The van der Waals surface area contributed by atoms with Gasteiger partial charge < -0.3 is 10.6 Å². The fourth-order valence-electron chi connectivity index (χ4n) is 4.04. The highest BCUT2D eigenvalue weighted by Gasteiger charge is 2.17.